The lowest BCUT2D eigenvalue weighted by Gasteiger charge is -2.20. The molecule has 3 aromatic carbocycles. The Morgan fingerprint density at radius 2 is 1.71 bits per heavy atom. The van der Waals surface area contributed by atoms with Crippen LogP contribution in [0.15, 0.2) is 72.8 Å². The molecule has 0 saturated heterocycles. The molecule has 4 heteroatoms. The van der Waals surface area contributed by atoms with E-state index >= 15 is 0 Å². The average molecular weight is 376 g/mol. The van der Waals surface area contributed by atoms with Gasteiger partial charge in [-0.2, -0.15) is 0 Å². The normalized spacial score (nSPS) is 11.8. The summed E-state index contributed by atoms with van der Waals surface area (Å²) in [6.07, 6.45) is 0.956. The summed E-state index contributed by atoms with van der Waals surface area (Å²) in [5.74, 6) is -0.431. The molecule has 0 radical (unpaired) electrons. The first-order valence-electron chi connectivity index (χ1n) is 9.50. The van der Waals surface area contributed by atoms with Gasteiger partial charge in [-0.15, -0.1) is 0 Å². The highest BCUT2D eigenvalue weighted by Crippen LogP contribution is 2.23. The van der Waals surface area contributed by atoms with Crippen LogP contribution in [0.5, 0.6) is 0 Å². The summed E-state index contributed by atoms with van der Waals surface area (Å²) in [6.45, 7) is 4.17. The van der Waals surface area contributed by atoms with E-state index in [1.54, 1.807) is 6.07 Å². The van der Waals surface area contributed by atoms with Gasteiger partial charge in [-0.1, -0.05) is 61.5 Å². The third-order valence-electron chi connectivity index (χ3n) is 4.79. The molecular formula is C24H25FN2O. The zero-order valence-corrected chi connectivity index (χ0v) is 16.2. The molecule has 0 heterocycles. The average Bonchev–Trinajstić information content (AvgIpc) is 2.70. The van der Waals surface area contributed by atoms with E-state index in [2.05, 4.69) is 29.7 Å². The van der Waals surface area contributed by atoms with Gasteiger partial charge in [-0.3, -0.25) is 10.1 Å². The molecule has 0 saturated carbocycles. The van der Waals surface area contributed by atoms with E-state index < -0.39 is 0 Å². The van der Waals surface area contributed by atoms with Crippen LogP contribution < -0.4 is 10.6 Å². The van der Waals surface area contributed by atoms with Crippen LogP contribution in [0.1, 0.15) is 35.2 Å². The molecule has 0 aliphatic heterocycles. The molecule has 1 atom stereocenters. The number of carbonyl (C=O) groups excluding carboxylic acids is 1. The van der Waals surface area contributed by atoms with Gasteiger partial charge in [0.05, 0.1) is 12.6 Å². The number of benzene rings is 3. The molecule has 2 N–H and O–H groups in total. The highest BCUT2D eigenvalue weighted by atomic mass is 19.1. The number of hydrogen-bond acceptors (Lipinski definition) is 2. The predicted molar refractivity (Wildman–Crippen MR) is 112 cm³/mol. The first kappa shape index (κ1) is 19.8. The molecule has 0 unspecified atom stereocenters. The predicted octanol–water partition coefficient (Wildman–Crippen LogP) is 5.01. The van der Waals surface area contributed by atoms with Crippen molar-refractivity contribution in [3.05, 3.63) is 101 Å². The number of anilines is 1. The fraction of sp³-hybridized carbons (Fsp3) is 0.208. The van der Waals surface area contributed by atoms with Crippen molar-refractivity contribution in [1.82, 2.24) is 5.32 Å². The fourth-order valence-electron chi connectivity index (χ4n) is 3.16. The van der Waals surface area contributed by atoms with Crippen LogP contribution >= 0.6 is 0 Å². The van der Waals surface area contributed by atoms with Crippen molar-refractivity contribution in [2.24, 2.45) is 0 Å². The quantitative estimate of drug-likeness (QED) is 0.608. The van der Waals surface area contributed by atoms with Crippen molar-refractivity contribution in [1.29, 1.82) is 0 Å². The number of nitrogens with one attached hydrogen (secondary N) is 2. The van der Waals surface area contributed by atoms with Crippen molar-refractivity contribution >= 4 is 11.6 Å². The molecule has 0 aliphatic carbocycles. The first-order chi connectivity index (χ1) is 13.6. The van der Waals surface area contributed by atoms with Crippen LogP contribution in [-0.4, -0.2) is 12.5 Å². The van der Waals surface area contributed by atoms with Crippen LogP contribution in [0.3, 0.4) is 0 Å². The molecule has 0 aliphatic rings. The molecule has 3 nitrogen and oxygen atoms in total. The third-order valence-corrected chi connectivity index (χ3v) is 4.79. The largest absolute Gasteiger partial charge is 0.325 e. The Bertz CT molecular complexity index is 937. The first-order valence-corrected chi connectivity index (χ1v) is 9.50. The maximum atomic E-state index is 13.8. The number of hydrogen-bond donors (Lipinski definition) is 2. The van der Waals surface area contributed by atoms with E-state index in [1.807, 2.05) is 49.4 Å². The molecule has 144 valence electrons. The van der Waals surface area contributed by atoms with Gasteiger partial charge in [-0.05, 0) is 53.8 Å². The molecule has 3 rings (SSSR count). The Balaban J connectivity index is 1.77. The fourth-order valence-corrected chi connectivity index (χ4v) is 3.16. The maximum absolute atomic E-state index is 13.8. The third kappa shape index (κ3) is 5.05. The number of carbonyl (C=O) groups is 1. The summed E-state index contributed by atoms with van der Waals surface area (Å²) in [5, 5.41) is 6.20. The zero-order chi connectivity index (χ0) is 19.9. The second-order valence-corrected chi connectivity index (χ2v) is 6.83. The van der Waals surface area contributed by atoms with Gasteiger partial charge in [-0.25, -0.2) is 4.39 Å². The van der Waals surface area contributed by atoms with Crippen molar-refractivity contribution < 1.29 is 9.18 Å². The lowest BCUT2D eigenvalue weighted by atomic mass is 9.97. The van der Waals surface area contributed by atoms with E-state index in [0.717, 1.165) is 28.8 Å². The SMILES string of the molecule is CCc1ccc([C@H](NCC(=O)Nc2ccccc2C)c2cccc(F)c2)cc1. The van der Waals surface area contributed by atoms with Crippen LogP contribution in [0, 0.1) is 12.7 Å². The number of para-hydroxylation sites is 1. The molecule has 0 aromatic heterocycles. The number of rotatable bonds is 7. The second kappa shape index (κ2) is 9.29. The van der Waals surface area contributed by atoms with Gasteiger partial charge in [0.25, 0.3) is 0 Å². The van der Waals surface area contributed by atoms with Crippen molar-refractivity contribution in [2.75, 3.05) is 11.9 Å². The lowest BCUT2D eigenvalue weighted by molar-refractivity contribution is -0.115. The summed E-state index contributed by atoms with van der Waals surface area (Å²) < 4.78 is 13.8. The Hall–Kier alpha value is -2.98. The minimum Gasteiger partial charge on any atom is -0.325 e. The van der Waals surface area contributed by atoms with Crippen molar-refractivity contribution in [2.45, 2.75) is 26.3 Å². The number of amides is 1. The van der Waals surface area contributed by atoms with Crippen LogP contribution in [0.4, 0.5) is 10.1 Å². The minimum absolute atomic E-state index is 0.116. The molecule has 0 spiro atoms. The van der Waals surface area contributed by atoms with Crippen molar-refractivity contribution in [3.63, 3.8) is 0 Å². The summed E-state index contributed by atoms with van der Waals surface area (Å²) in [6, 6.07) is 22.1. The van der Waals surface area contributed by atoms with E-state index in [-0.39, 0.29) is 24.3 Å². The summed E-state index contributed by atoms with van der Waals surface area (Å²) in [4.78, 5) is 12.5. The minimum atomic E-state index is -0.293. The van der Waals surface area contributed by atoms with E-state index in [0.29, 0.717) is 0 Å². The summed E-state index contributed by atoms with van der Waals surface area (Å²) >= 11 is 0. The maximum Gasteiger partial charge on any atom is 0.238 e. The monoisotopic (exact) mass is 376 g/mol. The smallest absolute Gasteiger partial charge is 0.238 e. The van der Waals surface area contributed by atoms with E-state index in [1.165, 1.54) is 17.7 Å². The van der Waals surface area contributed by atoms with Gasteiger partial charge >= 0.3 is 0 Å². The molecule has 0 fully saturated rings. The molecule has 3 aromatic rings. The number of aryl methyl sites for hydroxylation is 2. The van der Waals surface area contributed by atoms with Crippen molar-refractivity contribution in [3.8, 4) is 0 Å². The molecule has 28 heavy (non-hydrogen) atoms. The summed E-state index contributed by atoms with van der Waals surface area (Å²) in [5.41, 5.74) is 4.81. The van der Waals surface area contributed by atoms with E-state index in [9.17, 15) is 9.18 Å². The second-order valence-electron chi connectivity index (χ2n) is 6.83. The Labute approximate surface area is 165 Å². The van der Waals surface area contributed by atoms with Crippen LogP contribution in [-0.2, 0) is 11.2 Å². The Morgan fingerprint density at radius 1 is 0.964 bits per heavy atom. The van der Waals surface area contributed by atoms with Gasteiger partial charge in [0.1, 0.15) is 5.82 Å². The van der Waals surface area contributed by atoms with E-state index in [4.69, 9.17) is 0 Å². The van der Waals surface area contributed by atoms with Gasteiger partial charge < -0.3 is 5.32 Å². The number of halogens is 1. The Morgan fingerprint density at radius 3 is 2.39 bits per heavy atom. The van der Waals surface area contributed by atoms with Crippen LogP contribution in [0.2, 0.25) is 0 Å². The summed E-state index contributed by atoms with van der Waals surface area (Å²) in [7, 11) is 0. The lowest BCUT2D eigenvalue weighted by Crippen LogP contribution is -2.32. The van der Waals surface area contributed by atoms with Gasteiger partial charge in [0.15, 0.2) is 0 Å². The molecule has 0 bridgehead atoms. The standard InChI is InChI=1S/C24H25FN2O/c1-3-18-11-13-19(14-12-18)24(20-8-6-9-21(25)15-20)26-16-23(28)27-22-10-5-4-7-17(22)2/h4-15,24,26H,3,16H2,1-2H3,(H,27,28)/t24-/m0/s1. The van der Waals surface area contributed by atoms with Crippen LogP contribution in [0.25, 0.3) is 0 Å². The highest BCUT2D eigenvalue weighted by Gasteiger charge is 2.16. The van der Waals surface area contributed by atoms with Gasteiger partial charge in [0.2, 0.25) is 5.91 Å². The van der Waals surface area contributed by atoms with Gasteiger partial charge in [0, 0.05) is 5.69 Å². The molecule has 1 amide bonds. The zero-order valence-electron chi connectivity index (χ0n) is 16.2. The topological polar surface area (TPSA) is 41.1 Å². The molecular weight excluding hydrogens is 351 g/mol. The Kier molecular flexibility index (Phi) is 6.56. The highest BCUT2D eigenvalue weighted by molar-refractivity contribution is 5.93.